The Bertz CT molecular complexity index is 1270. The van der Waals surface area contributed by atoms with Crippen LogP contribution in [0, 0.1) is 0 Å². The van der Waals surface area contributed by atoms with E-state index in [0.29, 0.717) is 22.8 Å². The molecule has 4 rings (SSSR count). The van der Waals surface area contributed by atoms with Crippen LogP contribution >= 0.6 is 0 Å². The SMILES string of the molecule is C=C[C@H]1c2c(cc(OCc3ccc(OC)cc3)cc2OCc2ccc(OC)cc2)CCN1C(=O)C(F)(F)F. The van der Waals surface area contributed by atoms with Crippen molar-refractivity contribution in [3.8, 4) is 23.0 Å². The van der Waals surface area contributed by atoms with Gasteiger partial charge in [0.05, 0.1) is 20.3 Å². The monoisotopic (exact) mass is 527 g/mol. The average Bonchev–Trinajstić information content (AvgIpc) is 2.93. The summed E-state index contributed by atoms with van der Waals surface area (Å²) in [5.41, 5.74) is 2.95. The number of alkyl halides is 3. The van der Waals surface area contributed by atoms with E-state index in [4.69, 9.17) is 18.9 Å². The van der Waals surface area contributed by atoms with Crippen molar-refractivity contribution in [2.75, 3.05) is 20.8 Å². The minimum atomic E-state index is -5.00. The zero-order valence-electron chi connectivity index (χ0n) is 21.1. The molecule has 0 aliphatic carbocycles. The molecule has 9 heteroatoms. The van der Waals surface area contributed by atoms with E-state index in [1.807, 2.05) is 36.4 Å². The molecule has 0 aromatic heterocycles. The molecule has 1 aliphatic heterocycles. The fourth-order valence-electron chi connectivity index (χ4n) is 4.34. The molecule has 200 valence electrons. The Morgan fingerprint density at radius 2 is 1.47 bits per heavy atom. The van der Waals surface area contributed by atoms with Gasteiger partial charge < -0.3 is 23.8 Å². The first-order valence-electron chi connectivity index (χ1n) is 11.9. The van der Waals surface area contributed by atoms with Crippen molar-refractivity contribution >= 4 is 5.91 Å². The fourth-order valence-corrected chi connectivity index (χ4v) is 4.34. The molecule has 0 spiro atoms. The lowest BCUT2D eigenvalue weighted by atomic mass is 9.91. The number of hydrogen-bond donors (Lipinski definition) is 0. The number of fused-ring (bicyclic) bond motifs is 1. The molecule has 0 fully saturated rings. The van der Waals surface area contributed by atoms with Gasteiger partial charge in [0.25, 0.3) is 0 Å². The molecule has 1 aliphatic rings. The van der Waals surface area contributed by atoms with Gasteiger partial charge in [-0.1, -0.05) is 30.3 Å². The van der Waals surface area contributed by atoms with Crippen LogP contribution in [0.5, 0.6) is 23.0 Å². The van der Waals surface area contributed by atoms with Gasteiger partial charge in [-0.3, -0.25) is 4.79 Å². The van der Waals surface area contributed by atoms with Crippen LogP contribution in [0.3, 0.4) is 0 Å². The van der Waals surface area contributed by atoms with Crippen molar-refractivity contribution in [1.82, 2.24) is 4.90 Å². The summed E-state index contributed by atoms with van der Waals surface area (Å²) in [6, 6.07) is 17.1. The number of amides is 1. The third-order valence-corrected chi connectivity index (χ3v) is 6.30. The maximum absolute atomic E-state index is 13.3. The summed E-state index contributed by atoms with van der Waals surface area (Å²) >= 11 is 0. The van der Waals surface area contributed by atoms with E-state index in [0.717, 1.165) is 27.3 Å². The Labute approximate surface area is 219 Å². The lowest BCUT2D eigenvalue weighted by Gasteiger charge is -2.37. The molecule has 0 unspecified atom stereocenters. The topological polar surface area (TPSA) is 57.2 Å². The molecule has 0 N–H and O–H groups in total. The molecule has 3 aromatic rings. The molecule has 0 saturated heterocycles. The Morgan fingerprint density at radius 1 is 0.921 bits per heavy atom. The minimum absolute atomic E-state index is 0.109. The van der Waals surface area contributed by atoms with Gasteiger partial charge in [0.2, 0.25) is 0 Å². The smallest absolute Gasteiger partial charge is 0.471 e. The Kier molecular flexibility index (Phi) is 8.14. The molecule has 3 aromatic carbocycles. The van der Waals surface area contributed by atoms with Crippen LogP contribution in [0.1, 0.15) is 28.3 Å². The number of hydrogen-bond acceptors (Lipinski definition) is 5. The Morgan fingerprint density at radius 3 is 1.97 bits per heavy atom. The summed E-state index contributed by atoms with van der Waals surface area (Å²) in [7, 11) is 3.16. The van der Waals surface area contributed by atoms with Crippen molar-refractivity contribution < 1.29 is 36.9 Å². The van der Waals surface area contributed by atoms with Gasteiger partial charge in [-0.05, 0) is 53.4 Å². The standard InChI is InChI=1S/C29H28F3NO5/c1-4-25-27-21(13-14-33(25)28(34)29(30,31)32)15-24(37-17-19-5-9-22(35-2)10-6-19)16-26(27)38-18-20-7-11-23(36-3)12-8-20/h4-12,15-16,25H,1,13-14,17-18H2,2-3H3/t25-/m0/s1. The first kappa shape index (κ1) is 26.9. The summed E-state index contributed by atoms with van der Waals surface area (Å²) in [4.78, 5) is 13.0. The molecule has 1 atom stereocenters. The molecule has 0 saturated carbocycles. The van der Waals surface area contributed by atoms with Crippen molar-refractivity contribution in [2.45, 2.75) is 31.9 Å². The highest BCUT2D eigenvalue weighted by Crippen LogP contribution is 2.42. The Balaban J connectivity index is 1.65. The predicted octanol–water partition coefficient (Wildman–Crippen LogP) is 6.04. The molecule has 38 heavy (non-hydrogen) atoms. The number of carbonyl (C=O) groups excluding carboxylic acids is 1. The van der Waals surface area contributed by atoms with Crippen LogP contribution in [-0.2, 0) is 24.4 Å². The van der Waals surface area contributed by atoms with E-state index in [-0.39, 0.29) is 26.2 Å². The quantitative estimate of drug-likeness (QED) is 0.318. The largest absolute Gasteiger partial charge is 0.497 e. The summed E-state index contributed by atoms with van der Waals surface area (Å²) < 4.78 is 62.5. The highest BCUT2D eigenvalue weighted by Gasteiger charge is 2.46. The molecule has 6 nitrogen and oxygen atoms in total. The third-order valence-electron chi connectivity index (χ3n) is 6.30. The third kappa shape index (κ3) is 6.04. The summed E-state index contributed by atoms with van der Waals surface area (Å²) in [6.45, 7) is 4.02. The number of halogens is 3. The first-order chi connectivity index (χ1) is 18.2. The van der Waals surface area contributed by atoms with Crippen LogP contribution in [0.15, 0.2) is 73.3 Å². The van der Waals surface area contributed by atoms with Gasteiger partial charge in [0.1, 0.15) is 36.2 Å². The van der Waals surface area contributed by atoms with E-state index < -0.39 is 18.1 Å². The van der Waals surface area contributed by atoms with E-state index in [1.54, 1.807) is 38.5 Å². The van der Waals surface area contributed by atoms with Gasteiger partial charge >= 0.3 is 12.1 Å². The molecule has 0 radical (unpaired) electrons. The number of benzene rings is 3. The van der Waals surface area contributed by atoms with Crippen molar-refractivity contribution in [2.24, 2.45) is 0 Å². The lowest BCUT2D eigenvalue weighted by molar-refractivity contribution is -0.187. The normalized spacial score (nSPS) is 14.9. The van der Waals surface area contributed by atoms with Gasteiger partial charge in [-0.25, -0.2) is 0 Å². The predicted molar refractivity (Wildman–Crippen MR) is 136 cm³/mol. The molecule has 0 bridgehead atoms. The first-order valence-corrected chi connectivity index (χ1v) is 11.9. The molecule has 1 amide bonds. The van der Waals surface area contributed by atoms with E-state index >= 15 is 0 Å². The van der Waals surface area contributed by atoms with Crippen LogP contribution < -0.4 is 18.9 Å². The average molecular weight is 528 g/mol. The van der Waals surface area contributed by atoms with Crippen LogP contribution in [-0.4, -0.2) is 37.7 Å². The summed E-state index contributed by atoms with van der Waals surface area (Å²) in [6.07, 6.45) is -3.45. The molecule has 1 heterocycles. The number of ether oxygens (including phenoxy) is 4. The number of methoxy groups -OCH3 is 2. The summed E-state index contributed by atoms with van der Waals surface area (Å²) in [5, 5.41) is 0. The lowest BCUT2D eigenvalue weighted by Crippen LogP contribution is -2.46. The minimum Gasteiger partial charge on any atom is -0.497 e. The van der Waals surface area contributed by atoms with E-state index in [1.165, 1.54) is 6.08 Å². The number of rotatable bonds is 9. The van der Waals surface area contributed by atoms with Gasteiger partial charge in [0, 0.05) is 18.2 Å². The fraction of sp³-hybridized carbons (Fsp3) is 0.276. The highest BCUT2D eigenvalue weighted by atomic mass is 19.4. The Hall–Kier alpha value is -4.14. The molecular formula is C29H28F3NO5. The van der Waals surface area contributed by atoms with Crippen molar-refractivity contribution in [1.29, 1.82) is 0 Å². The highest BCUT2D eigenvalue weighted by molar-refractivity contribution is 5.83. The van der Waals surface area contributed by atoms with E-state index in [9.17, 15) is 18.0 Å². The maximum atomic E-state index is 13.3. The number of carbonyl (C=O) groups is 1. The van der Waals surface area contributed by atoms with Crippen LogP contribution in [0.2, 0.25) is 0 Å². The maximum Gasteiger partial charge on any atom is 0.471 e. The zero-order valence-corrected chi connectivity index (χ0v) is 21.1. The zero-order chi connectivity index (χ0) is 27.3. The van der Waals surface area contributed by atoms with Crippen molar-refractivity contribution in [3.05, 3.63) is 95.6 Å². The number of nitrogens with zero attached hydrogens (tertiary/aromatic N) is 1. The van der Waals surface area contributed by atoms with Crippen molar-refractivity contribution in [3.63, 3.8) is 0 Å². The van der Waals surface area contributed by atoms with Gasteiger partial charge in [-0.2, -0.15) is 13.2 Å². The second-order valence-corrected chi connectivity index (χ2v) is 8.69. The van der Waals surface area contributed by atoms with E-state index in [2.05, 4.69) is 6.58 Å². The second kappa shape index (κ2) is 11.5. The van der Waals surface area contributed by atoms with Crippen LogP contribution in [0.25, 0.3) is 0 Å². The van der Waals surface area contributed by atoms with Gasteiger partial charge in [0.15, 0.2) is 0 Å². The van der Waals surface area contributed by atoms with Crippen LogP contribution in [0.4, 0.5) is 13.2 Å². The molecular weight excluding hydrogens is 499 g/mol. The second-order valence-electron chi connectivity index (χ2n) is 8.69. The summed E-state index contributed by atoms with van der Waals surface area (Å²) in [5.74, 6) is 0.336. The van der Waals surface area contributed by atoms with Gasteiger partial charge in [-0.15, -0.1) is 6.58 Å².